The number of benzene rings is 2. The number of thiazole rings is 1. The fourth-order valence-corrected chi connectivity index (χ4v) is 3.13. The average molecular weight is 348 g/mol. The van der Waals surface area contributed by atoms with E-state index in [-0.39, 0.29) is 5.75 Å². The van der Waals surface area contributed by atoms with Crippen molar-refractivity contribution in [2.45, 2.75) is 6.92 Å². The van der Waals surface area contributed by atoms with Gasteiger partial charge in [0.25, 0.3) is 0 Å². The summed E-state index contributed by atoms with van der Waals surface area (Å²) in [6.07, 6.45) is 1.75. The van der Waals surface area contributed by atoms with Gasteiger partial charge in [-0.15, -0.1) is 11.3 Å². The zero-order valence-electron chi connectivity index (χ0n) is 13.6. The number of allylic oxidation sites excluding steroid dienone is 1. The van der Waals surface area contributed by atoms with E-state index in [1.807, 2.05) is 42.6 Å². The molecule has 0 aliphatic heterocycles. The Morgan fingerprint density at radius 2 is 2.08 bits per heavy atom. The number of aromatic hydroxyl groups is 1. The van der Waals surface area contributed by atoms with E-state index in [1.54, 1.807) is 24.3 Å². The van der Waals surface area contributed by atoms with Crippen LogP contribution in [0.4, 0.5) is 0 Å². The van der Waals surface area contributed by atoms with Crippen LogP contribution in [0.5, 0.6) is 11.5 Å². The molecule has 1 heterocycles. The number of phenolic OH excluding ortho intramolecular Hbond substituents is 1. The first-order valence-electron chi connectivity index (χ1n) is 7.80. The highest BCUT2D eigenvalue weighted by atomic mass is 32.1. The van der Waals surface area contributed by atoms with Crippen LogP contribution in [-0.2, 0) is 0 Å². The Hall–Kier alpha value is -3.10. The fraction of sp³-hybridized carbons (Fsp3) is 0.100. The smallest absolute Gasteiger partial charge is 0.161 e. The van der Waals surface area contributed by atoms with Crippen LogP contribution in [0.3, 0.4) is 0 Å². The van der Waals surface area contributed by atoms with Gasteiger partial charge in [0, 0.05) is 10.9 Å². The lowest BCUT2D eigenvalue weighted by atomic mass is 10.1. The van der Waals surface area contributed by atoms with Crippen LogP contribution < -0.4 is 4.74 Å². The maximum Gasteiger partial charge on any atom is 0.161 e. The quantitative estimate of drug-likeness (QED) is 0.661. The monoisotopic (exact) mass is 348 g/mol. The third kappa shape index (κ3) is 3.87. The molecule has 0 atom stereocenters. The maximum absolute atomic E-state index is 9.78. The molecule has 0 spiro atoms. The zero-order valence-corrected chi connectivity index (χ0v) is 14.5. The van der Waals surface area contributed by atoms with Crippen molar-refractivity contribution in [3.8, 4) is 28.8 Å². The predicted molar refractivity (Wildman–Crippen MR) is 100 cm³/mol. The first-order valence-corrected chi connectivity index (χ1v) is 8.68. The molecule has 0 fully saturated rings. The van der Waals surface area contributed by atoms with Crippen LogP contribution in [0.25, 0.3) is 22.9 Å². The average Bonchev–Trinajstić information content (AvgIpc) is 3.13. The van der Waals surface area contributed by atoms with E-state index in [4.69, 9.17) is 4.74 Å². The number of nitriles is 1. The Balaban J connectivity index is 1.93. The molecule has 0 unspecified atom stereocenters. The highest BCUT2D eigenvalue weighted by molar-refractivity contribution is 7.11. The minimum absolute atomic E-state index is 0.0816. The molecule has 0 aliphatic rings. The van der Waals surface area contributed by atoms with E-state index in [0.717, 1.165) is 16.8 Å². The topological polar surface area (TPSA) is 66.1 Å². The molecule has 1 N–H and O–H groups in total. The Bertz CT molecular complexity index is 940. The first-order chi connectivity index (χ1) is 12.2. The van der Waals surface area contributed by atoms with Crippen molar-refractivity contribution >= 4 is 23.0 Å². The predicted octanol–water partition coefficient (Wildman–Crippen LogP) is 4.98. The van der Waals surface area contributed by atoms with E-state index < -0.39 is 0 Å². The molecule has 2 aromatic carbocycles. The summed E-state index contributed by atoms with van der Waals surface area (Å²) in [5, 5.41) is 21.9. The second kappa shape index (κ2) is 7.65. The molecule has 3 aromatic rings. The summed E-state index contributed by atoms with van der Waals surface area (Å²) in [5.41, 5.74) is 3.11. The number of nitrogens with zero attached hydrogens (tertiary/aromatic N) is 2. The third-order valence-electron chi connectivity index (χ3n) is 3.52. The maximum atomic E-state index is 9.78. The van der Waals surface area contributed by atoms with Crippen molar-refractivity contribution in [2.24, 2.45) is 0 Å². The van der Waals surface area contributed by atoms with Gasteiger partial charge in [-0.1, -0.05) is 36.4 Å². The number of rotatable bonds is 5. The molecule has 0 aliphatic carbocycles. The van der Waals surface area contributed by atoms with Crippen LogP contribution in [0.1, 0.15) is 17.5 Å². The van der Waals surface area contributed by atoms with Gasteiger partial charge in [-0.2, -0.15) is 5.26 Å². The molecule has 5 heteroatoms. The van der Waals surface area contributed by atoms with Crippen LogP contribution in [0, 0.1) is 11.3 Å². The lowest BCUT2D eigenvalue weighted by Gasteiger charge is -2.06. The summed E-state index contributed by atoms with van der Waals surface area (Å²) in [5.74, 6) is 0.482. The molecule has 0 saturated carbocycles. The SMILES string of the molecule is CCOc1cc(/C=C(\C#N)c2nc(-c3ccccc3)cs2)ccc1O. The largest absolute Gasteiger partial charge is 0.504 e. The normalized spacial score (nSPS) is 11.1. The second-order valence-corrected chi connectivity index (χ2v) is 6.09. The lowest BCUT2D eigenvalue weighted by molar-refractivity contribution is 0.318. The Kier molecular flexibility index (Phi) is 5.12. The van der Waals surface area contributed by atoms with Crippen LogP contribution in [0.15, 0.2) is 53.9 Å². The number of hydrogen-bond donors (Lipinski definition) is 1. The third-order valence-corrected chi connectivity index (χ3v) is 4.39. The van der Waals surface area contributed by atoms with Crippen molar-refractivity contribution in [3.05, 3.63) is 64.5 Å². The zero-order chi connectivity index (χ0) is 17.6. The van der Waals surface area contributed by atoms with Crippen LogP contribution >= 0.6 is 11.3 Å². The Morgan fingerprint density at radius 3 is 2.80 bits per heavy atom. The molecule has 25 heavy (non-hydrogen) atoms. The van der Waals surface area contributed by atoms with Crippen LogP contribution in [-0.4, -0.2) is 16.7 Å². The summed E-state index contributed by atoms with van der Waals surface area (Å²) < 4.78 is 5.38. The lowest BCUT2D eigenvalue weighted by Crippen LogP contribution is -1.92. The van der Waals surface area contributed by atoms with Crippen molar-refractivity contribution in [2.75, 3.05) is 6.61 Å². The van der Waals surface area contributed by atoms with E-state index in [1.165, 1.54) is 11.3 Å². The minimum Gasteiger partial charge on any atom is -0.504 e. The number of aromatic nitrogens is 1. The summed E-state index contributed by atoms with van der Waals surface area (Å²) in [6, 6.07) is 17.1. The van der Waals surface area contributed by atoms with Gasteiger partial charge >= 0.3 is 0 Å². The summed E-state index contributed by atoms with van der Waals surface area (Å²) in [4.78, 5) is 4.57. The van der Waals surface area contributed by atoms with E-state index >= 15 is 0 Å². The van der Waals surface area contributed by atoms with Gasteiger partial charge in [0.2, 0.25) is 0 Å². The van der Waals surface area contributed by atoms with Gasteiger partial charge in [-0.3, -0.25) is 0 Å². The first kappa shape index (κ1) is 16.7. The summed E-state index contributed by atoms with van der Waals surface area (Å²) in [7, 11) is 0. The molecule has 0 amide bonds. The molecule has 3 rings (SSSR count). The molecular weight excluding hydrogens is 332 g/mol. The molecule has 0 bridgehead atoms. The molecule has 124 valence electrons. The number of phenols is 1. The number of ether oxygens (including phenoxy) is 1. The Labute approximate surface area is 150 Å². The van der Waals surface area contributed by atoms with Gasteiger partial charge < -0.3 is 9.84 Å². The van der Waals surface area contributed by atoms with E-state index in [0.29, 0.717) is 22.9 Å². The summed E-state index contributed by atoms with van der Waals surface area (Å²) in [6.45, 7) is 2.31. The van der Waals surface area contributed by atoms with Gasteiger partial charge in [-0.25, -0.2) is 4.98 Å². The fourth-order valence-electron chi connectivity index (χ4n) is 2.34. The van der Waals surface area contributed by atoms with Crippen molar-refractivity contribution in [1.29, 1.82) is 5.26 Å². The van der Waals surface area contributed by atoms with Crippen LogP contribution in [0.2, 0.25) is 0 Å². The van der Waals surface area contributed by atoms with E-state index in [9.17, 15) is 10.4 Å². The molecule has 4 nitrogen and oxygen atoms in total. The van der Waals surface area contributed by atoms with E-state index in [2.05, 4.69) is 11.1 Å². The Morgan fingerprint density at radius 1 is 1.28 bits per heavy atom. The van der Waals surface area contributed by atoms with Crippen molar-refractivity contribution < 1.29 is 9.84 Å². The standard InChI is InChI=1S/C20H16N2O2S/c1-2-24-19-11-14(8-9-18(19)23)10-16(12-21)20-22-17(13-25-20)15-6-4-3-5-7-15/h3-11,13,23H,2H2,1H3/b16-10+. The van der Waals surface area contributed by atoms with Crippen molar-refractivity contribution in [1.82, 2.24) is 4.98 Å². The highest BCUT2D eigenvalue weighted by Crippen LogP contribution is 2.30. The molecule has 0 radical (unpaired) electrons. The van der Waals surface area contributed by atoms with Gasteiger partial charge in [0.15, 0.2) is 11.5 Å². The number of hydrogen-bond acceptors (Lipinski definition) is 5. The molecule has 0 saturated heterocycles. The summed E-state index contributed by atoms with van der Waals surface area (Å²) >= 11 is 1.43. The minimum atomic E-state index is 0.0816. The molecule has 1 aromatic heterocycles. The molecular formula is C20H16N2O2S. The van der Waals surface area contributed by atoms with Gasteiger partial charge in [0.05, 0.1) is 17.9 Å². The van der Waals surface area contributed by atoms with Gasteiger partial charge in [-0.05, 0) is 30.7 Å². The van der Waals surface area contributed by atoms with Crippen molar-refractivity contribution in [3.63, 3.8) is 0 Å². The second-order valence-electron chi connectivity index (χ2n) is 5.23. The highest BCUT2D eigenvalue weighted by Gasteiger charge is 2.10. The van der Waals surface area contributed by atoms with Gasteiger partial charge in [0.1, 0.15) is 11.1 Å².